The summed E-state index contributed by atoms with van der Waals surface area (Å²) in [6.07, 6.45) is 3.50. The van der Waals surface area contributed by atoms with E-state index in [0.717, 1.165) is 58.8 Å². The van der Waals surface area contributed by atoms with E-state index < -0.39 is 6.23 Å². The maximum absolute atomic E-state index is 10.5. The van der Waals surface area contributed by atoms with Gasteiger partial charge in [-0.1, -0.05) is 80.6 Å². The molecule has 6 heteroatoms. The van der Waals surface area contributed by atoms with E-state index in [9.17, 15) is 5.11 Å². The number of aliphatic hydroxyl groups excluding tert-OH is 1. The van der Waals surface area contributed by atoms with Crippen LogP contribution in [0.2, 0.25) is 0 Å². The minimum Gasteiger partial charge on any atom is -0.382 e. The molecule has 5 aromatic rings. The van der Waals surface area contributed by atoms with Gasteiger partial charge in [-0.3, -0.25) is 5.32 Å². The lowest BCUT2D eigenvalue weighted by Gasteiger charge is -2.14. The molecule has 1 fully saturated rings. The topological polar surface area (TPSA) is 74.5 Å². The summed E-state index contributed by atoms with van der Waals surface area (Å²) in [5.41, 5.74) is 6.53. The minimum atomic E-state index is -0.642. The third kappa shape index (κ3) is 4.45. The number of nitrogens with zero attached hydrogens (tertiary/aromatic N) is 3. The normalized spacial score (nSPS) is 14.6. The van der Waals surface area contributed by atoms with Crippen molar-refractivity contribution in [3.8, 4) is 22.5 Å². The first-order valence-corrected chi connectivity index (χ1v) is 12.7. The molecule has 3 N–H and O–H groups in total. The molecule has 182 valence electrons. The molecule has 1 saturated carbocycles. The predicted octanol–water partition coefficient (Wildman–Crippen LogP) is 6.03. The molecule has 1 atom stereocenters. The monoisotopic (exact) mass is 477 g/mol. The maximum Gasteiger partial charge on any atom is 0.177 e. The first kappa shape index (κ1) is 22.7. The van der Waals surface area contributed by atoms with Crippen molar-refractivity contribution in [3.63, 3.8) is 0 Å². The Morgan fingerprint density at radius 2 is 1.78 bits per heavy atom. The van der Waals surface area contributed by atoms with E-state index in [2.05, 4.69) is 73.0 Å². The molecule has 1 aliphatic rings. The summed E-state index contributed by atoms with van der Waals surface area (Å²) in [5, 5.41) is 24.7. The highest BCUT2D eigenvalue weighted by Gasteiger charge is 2.24. The molecule has 0 amide bonds. The molecular weight excluding hydrogens is 446 g/mol. The van der Waals surface area contributed by atoms with Crippen LogP contribution in [0.4, 0.5) is 5.69 Å². The number of nitrogens with one attached hydrogen (secondary N) is 2. The van der Waals surface area contributed by atoms with Gasteiger partial charge in [-0.25, -0.2) is 9.50 Å². The van der Waals surface area contributed by atoms with Crippen LogP contribution >= 0.6 is 0 Å². The molecule has 6 rings (SSSR count). The van der Waals surface area contributed by atoms with Gasteiger partial charge in [0.05, 0.1) is 23.3 Å². The Morgan fingerprint density at radius 1 is 1.00 bits per heavy atom. The van der Waals surface area contributed by atoms with E-state index in [0.29, 0.717) is 12.0 Å². The van der Waals surface area contributed by atoms with Crippen molar-refractivity contribution in [2.45, 2.75) is 39.0 Å². The van der Waals surface area contributed by atoms with Crippen LogP contribution in [-0.4, -0.2) is 32.3 Å². The number of hydrogen-bond acceptors (Lipinski definition) is 5. The maximum atomic E-state index is 10.5. The number of hydrogen-bond donors (Lipinski definition) is 3. The van der Waals surface area contributed by atoms with Crippen LogP contribution in [0.5, 0.6) is 0 Å². The van der Waals surface area contributed by atoms with Gasteiger partial charge in [0.25, 0.3) is 0 Å². The molecule has 3 aromatic carbocycles. The van der Waals surface area contributed by atoms with Gasteiger partial charge in [-0.2, -0.15) is 5.10 Å². The summed E-state index contributed by atoms with van der Waals surface area (Å²) in [4.78, 5) is 4.75. The number of imidazole rings is 1. The third-order valence-corrected chi connectivity index (χ3v) is 6.73. The molecular formula is C30H31N5O. The Hall–Kier alpha value is -3.74. The Kier molecular flexibility index (Phi) is 5.91. The first-order valence-electron chi connectivity index (χ1n) is 12.7. The highest BCUT2D eigenvalue weighted by Crippen LogP contribution is 2.32. The van der Waals surface area contributed by atoms with E-state index >= 15 is 0 Å². The van der Waals surface area contributed by atoms with Crippen LogP contribution in [0.25, 0.3) is 38.9 Å². The number of fused-ring (bicyclic) bond motifs is 2. The Morgan fingerprint density at radius 3 is 2.56 bits per heavy atom. The van der Waals surface area contributed by atoms with Crippen molar-refractivity contribution in [2.24, 2.45) is 5.92 Å². The Labute approximate surface area is 211 Å². The van der Waals surface area contributed by atoms with Crippen molar-refractivity contribution in [3.05, 3.63) is 84.6 Å². The van der Waals surface area contributed by atoms with E-state index in [-0.39, 0.29) is 0 Å². The van der Waals surface area contributed by atoms with Gasteiger partial charge in [0.2, 0.25) is 0 Å². The van der Waals surface area contributed by atoms with Gasteiger partial charge >= 0.3 is 0 Å². The zero-order chi connectivity index (χ0) is 24.6. The summed E-state index contributed by atoms with van der Waals surface area (Å²) >= 11 is 0. The smallest absolute Gasteiger partial charge is 0.177 e. The molecule has 6 nitrogen and oxygen atoms in total. The molecule has 0 saturated heterocycles. The van der Waals surface area contributed by atoms with Crippen LogP contribution in [0.3, 0.4) is 0 Å². The predicted molar refractivity (Wildman–Crippen MR) is 146 cm³/mol. The SMILES string of the molecule is CC(C)CNc1cc(-c2cccc3ccccc23)nn2c(-c3ccc(C(O)NC4CC4)cc3)cnc12. The van der Waals surface area contributed by atoms with E-state index in [1.807, 2.05) is 35.0 Å². The molecule has 0 radical (unpaired) electrons. The third-order valence-electron chi connectivity index (χ3n) is 6.73. The molecule has 0 aliphatic heterocycles. The summed E-state index contributed by atoms with van der Waals surface area (Å²) in [5.74, 6) is 0.497. The van der Waals surface area contributed by atoms with Crippen molar-refractivity contribution in [1.29, 1.82) is 0 Å². The largest absolute Gasteiger partial charge is 0.382 e. The van der Waals surface area contributed by atoms with Crippen LogP contribution in [0.1, 0.15) is 38.5 Å². The highest BCUT2D eigenvalue weighted by molar-refractivity contribution is 5.96. The van der Waals surface area contributed by atoms with Crippen molar-refractivity contribution < 1.29 is 5.11 Å². The Bertz CT molecular complexity index is 1510. The average Bonchev–Trinajstić information content (AvgIpc) is 3.61. The molecule has 1 unspecified atom stereocenters. The van der Waals surface area contributed by atoms with Gasteiger partial charge in [-0.15, -0.1) is 0 Å². The fourth-order valence-corrected chi connectivity index (χ4v) is 4.60. The van der Waals surface area contributed by atoms with Crippen LogP contribution in [0, 0.1) is 5.92 Å². The van der Waals surface area contributed by atoms with E-state index in [1.54, 1.807) is 0 Å². The lowest BCUT2D eigenvalue weighted by atomic mass is 10.0. The fraction of sp³-hybridized carbons (Fsp3) is 0.267. The number of aromatic nitrogens is 3. The second kappa shape index (κ2) is 9.37. The van der Waals surface area contributed by atoms with E-state index in [1.165, 1.54) is 10.8 Å². The molecule has 2 heterocycles. The van der Waals surface area contributed by atoms with Crippen molar-refractivity contribution in [2.75, 3.05) is 11.9 Å². The summed E-state index contributed by atoms with van der Waals surface area (Å²) in [6, 6.07) is 25.3. The van der Waals surface area contributed by atoms with Gasteiger partial charge in [0.1, 0.15) is 6.23 Å². The van der Waals surface area contributed by atoms with Crippen molar-refractivity contribution >= 4 is 22.1 Å². The zero-order valence-electron chi connectivity index (χ0n) is 20.6. The van der Waals surface area contributed by atoms with Crippen LogP contribution < -0.4 is 10.6 Å². The van der Waals surface area contributed by atoms with Gasteiger partial charge in [0, 0.05) is 23.7 Å². The molecule has 0 spiro atoms. The van der Waals surface area contributed by atoms with Crippen LogP contribution in [0.15, 0.2) is 79.0 Å². The van der Waals surface area contributed by atoms with Crippen LogP contribution in [-0.2, 0) is 0 Å². The average molecular weight is 478 g/mol. The molecule has 1 aliphatic carbocycles. The highest BCUT2D eigenvalue weighted by atomic mass is 16.3. The van der Waals surface area contributed by atoms with Gasteiger partial charge in [0.15, 0.2) is 5.65 Å². The summed E-state index contributed by atoms with van der Waals surface area (Å²) in [7, 11) is 0. The van der Waals surface area contributed by atoms with Gasteiger partial charge < -0.3 is 10.4 Å². The van der Waals surface area contributed by atoms with Crippen molar-refractivity contribution in [1.82, 2.24) is 19.9 Å². The first-order chi connectivity index (χ1) is 17.6. The summed E-state index contributed by atoms with van der Waals surface area (Å²) in [6.45, 7) is 5.24. The van der Waals surface area contributed by atoms with Gasteiger partial charge in [-0.05, 0) is 41.2 Å². The molecule has 2 aromatic heterocycles. The van der Waals surface area contributed by atoms with E-state index in [4.69, 9.17) is 10.1 Å². The lowest BCUT2D eigenvalue weighted by Crippen LogP contribution is -2.22. The minimum absolute atomic E-state index is 0.437. The second-order valence-electron chi connectivity index (χ2n) is 10.1. The second-order valence-corrected chi connectivity index (χ2v) is 10.1. The molecule has 0 bridgehead atoms. The standard InChI is InChI=1S/C30H31N5O/c1-19(2)17-31-27-16-26(25-9-5-7-20-6-3-4-8-24(20)25)34-35-28(18-32-29(27)35)21-10-12-22(13-11-21)30(36)33-23-14-15-23/h3-13,16,18-19,23,30-31,33,36H,14-15,17H2,1-2H3. The zero-order valence-corrected chi connectivity index (χ0v) is 20.6. The molecule has 36 heavy (non-hydrogen) atoms. The number of benzene rings is 3. The lowest BCUT2D eigenvalue weighted by molar-refractivity contribution is 0.137. The quantitative estimate of drug-likeness (QED) is 0.238. The fourth-order valence-electron chi connectivity index (χ4n) is 4.60. The number of anilines is 1. The number of rotatable bonds is 8. The Balaban J connectivity index is 1.45. The number of aliphatic hydroxyl groups is 1. The summed E-state index contributed by atoms with van der Waals surface area (Å²) < 4.78 is 1.94.